The Labute approximate surface area is 218 Å². The van der Waals surface area contributed by atoms with Crippen molar-refractivity contribution in [1.82, 2.24) is 10.0 Å². The van der Waals surface area contributed by atoms with Crippen LogP contribution in [-0.2, 0) is 14.8 Å². The Morgan fingerprint density at radius 3 is 2.00 bits per heavy atom. The molecule has 0 spiro atoms. The number of nitrogens with one attached hydrogen (secondary N) is 2. The van der Waals surface area contributed by atoms with E-state index in [1.54, 1.807) is 24.3 Å². The zero-order chi connectivity index (χ0) is 25.6. The molecule has 0 aliphatic rings. The lowest BCUT2D eigenvalue weighted by Gasteiger charge is -2.15. The van der Waals surface area contributed by atoms with Crippen LogP contribution in [0.4, 0.5) is 0 Å². The fraction of sp³-hybridized carbons (Fsp3) is 0.167. The highest BCUT2D eigenvalue weighted by Crippen LogP contribution is 2.23. The molecule has 1 atom stereocenters. The molecule has 0 aromatic heterocycles. The number of hydrogen-bond acceptors (Lipinski definition) is 4. The van der Waals surface area contributed by atoms with E-state index < -0.39 is 27.9 Å². The molecule has 184 valence electrons. The van der Waals surface area contributed by atoms with Crippen LogP contribution in [0.1, 0.15) is 23.2 Å². The Kier molecular flexibility index (Phi) is 9.15. The van der Waals surface area contributed by atoms with Crippen molar-refractivity contribution in [2.75, 3.05) is 6.54 Å². The summed E-state index contributed by atoms with van der Waals surface area (Å²) in [6, 6.07) is 16.2. The fourth-order valence-corrected chi connectivity index (χ4v) is 5.08. The molecule has 0 heterocycles. The lowest BCUT2D eigenvalue weighted by molar-refractivity contribution is -0.139. The Morgan fingerprint density at radius 1 is 0.857 bits per heavy atom. The lowest BCUT2D eigenvalue weighted by Crippen LogP contribution is -2.41. The molecule has 0 aliphatic heterocycles. The summed E-state index contributed by atoms with van der Waals surface area (Å²) in [5.41, 5.74) is 1.87. The van der Waals surface area contributed by atoms with Crippen LogP contribution < -0.4 is 10.0 Å². The molecular weight excluding hydrogens is 535 g/mol. The summed E-state index contributed by atoms with van der Waals surface area (Å²) in [4.78, 5) is 23.8. The first-order valence-corrected chi connectivity index (χ1v) is 13.0. The van der Waals surface area contributed by atoms with E-state index in [1.165, 1.54) is 30.3 Å². The molecule has 0 bridgehead atoms. The fourth-order valence-electron chi connectivity index (χ4n) is 3.23. The predicted molar refractivity (Wildman–Crippen MR) is 137 cm³/mol. The van der Waals surface area contributed by atoms with Gasteiger partial charge in [-0.05, 0) is 66.4 Å². The molecule has 3 aromatic rings. The van der Waals surface area contributed by atoms with Gasteiger partial charge in [0.25, 0.3) is 5.91 Å². The summed E-state index contributed by atoms with van der Waals surface area (Å²) in [6.45, 7) is 0.124. The molecule has 1 amide bonds. The normalized spacial score (nSPS) is 12.2. The van der Waals surface area contributed by atoms with E-state index in [-0.39, 0.29) is 34.9 Å². The van der Waals surface area contributed by atoms with Gasteiger partial charge < -0.3 is 10.4 Å². The summed E-state index contributed by atoms with van der Waals surface area (Å²) in [7, 11) is -4.09. The van der Waals surface area contributed by atoms with Gasteiger partial charge in [0, 0.05) is 16.6 Å². The average Bonchev–Trinajstić information content (AvgIpc) is 2.81. The largest absolute Gasteiger partial charge is 0.480 e. The number of amides is 1. The second-order valence-corrected chi connectivity index (χ2v) is 10.6. The van der Waals surface area contributed by atoms with E-state index in [2.05, 4.69) is 10.0 Å². The topological polar surface area (TPSA) is 113 Å². The number of carboxylic acids is 1. The Hall–Kier alpha value is -2.62. The van der Waals surface area contributed by atoms with Crippen molar-refractivity contribution in [2.45, 2.75) is 23.8 Å². The second-order valence-electron chi connectivity index (χ2n) is 7.57. The molecule has 0 aliphatic carbocycles. The standard InChI is InChI=1S/C24H21Cl3N2O5S/c25-17-7-3-15(4-8-17)16-5-10-19(11-6-16)35(33,34)29-22(24(31)32)2-1-13-28-23(30)20-12-9-18(26)14-21(20)27/h3-12,14,22,29H,1-2,13H2,(H,28,30)(H,31,32). The number of carboxylic acid groups (broad SMARTS) is 1. The minimum absolute atomic E-state index is 0.0357. The molecule has 0 saturated heterocycles. The van der Waals surface area contributed by atoms with E-state index in [0.717, 1.165) is 11.1 Å². The van der Waals surface area contributed by atoms with Gasteiger partial charge in [0.15, 0.2) is 0 Å². The number of halogens is 3. The maximum Gasteiger partial charge on any atom is 0.321 e. The van der Waals surface area contributed by atoms with Crippen LogP contribution in [0, 0.1) is 0 Å². The molecule has 3 rings (SSSR count). The molecule has 3 N–H and O–H groups in total. The van der Waals surface area contributed by atoms with Crippen molar-refractivity contribution in [3.8, 4) is 11.1 Å². The molecule has 3 aromatic carbocycles. The van der Waals surface area contributed by atoms with Gasteiger partial charge >= 0.3 is 5.97 Å². The number of carbonyl (C=O) groups is 2. The Morgan fingerprint density at radius 2 is 1.43 bits per heavy atom. The van der Waals surface area contributed by atoms with Gasteiger partial charge in [0.1, 0.15) is 6.04 Å². The Balaban J connectivity index is 1.58. The highest BCUT2D eigenvalue weighted by molar-refractivity contribution is 7.89. The van der Waals surface area contributed by atoms with Gasteiger partial charge in [-0.15, -0.1) is 0 Å². The van der Waals surface area contributed by atoms with Gasteiger partial charge in [-0.1, -0.05) is 59.1 Å². The summed E-state index contributed by atoms with van der Waals surface area (Å²) in [5, 5.41) is 13.3. The van der Waals surface area contributed by atoms with Crippen LogP contribution >= 0.6 is 34.8 Å². The van der Waals surface area contributed by atoms with Gasteiger partial charge in [0.05, 0.1) is 15.5 Å². The summed E-state index contributed by atoms with van der Waals surface area (Å²) >= 11 is 17.7. The van der Waals surface area contributed by atoms with Crippen LogP contribution in [0.2, 0.25) is 15.1 Å². The maximum atomic E-state index is 12.7. The van der Waals surface area contributed by atoms with Gasteiger partial charge in [0.2, 0.25) is 10.0 Å². The zero-order valence-corrected chi connectivity index (χ0v) is 21.3. The van der Waals surface area contributed by atoms with E-state index in [4.69, 9.17) is 34.8 Å². The molecule has 7 nitrogen and oxygen atoms in total. The SMILES string of the molecule is O=C(NCCCC(NS(=O)(=O)c1ccc(-c2ccc(Cl)cc2)cc1)C(=O)O)c1ccc(Cl)cc1Cl. The van der Waals surface area contributed by atoms with Crippen LogP contribution in [0.3, 0.4) is 0 Å². The molecule has 35 heavy (non-hydrogen) atoms. The molecule has 0 fully saturated rings. The summed E-state index contributed by atoms with van der Waals surface area (Å²) in [5.74, 6) is -1.77. The number of hydrogen-bond donors (Lipinski definition) is 3. The molecular formula is C24H21Cl3N2O5S. The van der Waals surface area contributed by atoms with Crippen molar-refractivity contribution in [3.63, 3.8) is 0 Å². The third kappa shape index (κ3) is 7.43. The first kappa shape index (κ1) is 27.0. The third-order valence-electron chi connectivity index (χ3n) is 5.07. The molecule has 1 unspecified atom stereocenters. The molecule has 0 saturated carbocycles. The maximum absolute atomic E-state index is 12.7. The van der Waals surface area contributed by atoms with Crippen molar-refractivity contribution in [1.29, 1.82) is 0 Å². The van der Waals surface area contributed by atoms with Crippen LogP contribution in [0.25, 0.3) is 11.1 Å². The average molecular weight is 556 g/mol. The van der Waals surface area contributed by atoms with E-state index in [9.17, 15) is 23.1 Å². The van der Waals surface area contributed by atoms with E-state index in [1.807, 2.05) is 12.1 Å². The van der Waals surface area contributed by atoms with E-state index >= 15 is 0 Å². The van der Waals surface area contributed by atoms with Crippen molar-refractivity contribution in [2.24, 2.45) is 0 Å². The number of benzene rings is 3. The lowest BCUT2D eigenvalue weighted by atomic mass is 10.1. The minimum atomic E-state index is -4.09. The molecule has 0 radical (unpaired) electrons. The predicted octanol–water partition coefficient (Wildman–Crippen LogP) is 5.26. The monoisotopic (exact) mass is 554 g/mol. The number of sulfonamides is 1. The highest BCUT2D eigenvalue weighted by atomic mass is 35.5. The summed E-state index contributed by atoms with van der Waals surface area (Å²) in [6.07, 6.45) is 0.179. The first-order chi connectivity index (χ1) is 16.6. The Bertz CT molecular complexity index is 1310. The van der Waals surface area contributed by atoms with Gasteiger partial charge in [-0.2, -0.15) is 4.72 Å². The minimum Gasteiger partial charge on any atom is -0.480 e. The zero-order valence-electron chi connectivity index (χ0n) is 18.2. The second kappa shape index (κ2) is 11.9. The van der Waals surface area contributed by atoms with E-state index in [0.29, 0.717) is 10.0 Å². The smallest absolute Gasteiger partial charge is 0.321 e. The van der Waals surface area contributed by atoms with Crippen molar-refractivity contribution in [3.05, 3.63) is 87.4 Å². The highest BCUT2D eigenvalue weighted by Gasteiger charge is 2.25. The quantitative estimate of drug-likeness (QED) is 0.296. The third-order valence-corrected chi connectivity index (χ3v) is 7.36. The van der Waals surface area contributed by atoms with Crippen molar-refractivity contribution < 1.29 is 23.1 Å². The number of rotatable bonds is 10. The number of aliphatic carboxylic acids is 1. The van der Waals surface area contributed by atoms with Crippen LogP contribution in [0.15, 0.2) is 71.6 Å². The van der Waals surface area contributed by atoms with Gasteiger partial charge in [-0.25, -0.2) is 8.42 Å². The van der Waals surface area contributed by atoms with Crippen LogP contribution in [0.5, 0.6) is 0 Å². The van der Waals surface area contributed by atoms with Crippen molar-refractivity contribution >= 4 is 56.7 Å². The van der Waals surface area contributed by atoms with Gasteiger partial charge in [-0.3, -0.25) is 9.59 Å². The molecule has 11 heteroatoms. The first-order valence-electron chi connectivity index (χ1n) is 10.4. The number of carbonyl (C=O) groups excluding carboxylic acids is 1. The van der Waals surface area contributed by atoms with Crippen LogP contribution in [-0.4, -0.2) is 38.0 Å². The summed E-state index contributed by atoms with van der Waals surface area (Å²) < 4.78 is 27.7.